The second-order valence-corrected chi connectivity index (χ2v) is 8.41. The predicted molar refractivity (Wildman–Crippen MR) is 119 cm³/mol. The molecule has 0 saturated heterocycles. The molecule has 0 unspecified atom stereocenters. The minimum absolute atomic E-state index is 0.131. The fraction of sp³-hybridized carbons (Fsp3) is 0.192. The van der Waals surface area contributed by atoms with Crippen LogP contribution >= 0.6 is 0 Å². The van der Waals surface area contributed by atoms with Gasteiger partial charge in [0, 0.05) is 5.41 Å². The monoisotopic (exact) mass is 459 g/mol. The van der Waals surface area contributed by atoms with Crippen molar-refractivity contribution in [2.75, 3.05) is 5.32 Å². The van der Waals surface area contributed by atoms with Crippen LogP contribution in [0.25, 0.3) is 11.6 Å². The largest absolute Gasteiger partial charge is 0.321 e. The Morgan fingerprint density at radius 1 is 0.818 bits per heavy atom. The number of benzene rings is 3. The third kappa shape index (κ3) is 5.30. The molecule has 0 aliphatic rings. The first-order chi connectivity index (χ1) is 15.5. The first kappa shape index (κ1) is 24.2. The van der Waals surface area contributed by atoms with Gasteiger partial charge in [-0.2, -0.15) is 0 Å². The lowest BCUT2D eigenvalue weighted by Gasteiger charge is -2.26. The third-order valence-corrected chi connectivity index (χ3v) is 5.26. The lowest BCUT2D eigenvalue weighted by Crippen LogP contribution is -2.32. The van der Waals surface area contributed by atoms with Gasteiger partial charge in [-0.3, -0.25) is 4.79 Å². The average molecular weight is 459 g/mol. The van der Waals surface area contributed by atoms with Crippen LogP contribution in [0.5, 0.6) is 0 Å². The second kappa shape index (κ2) is 9.57. The molecule has 0 aliphatic heterocycles. The smallest absolute Gasteiger partial charge is 0.230 e. The Labute approximate surface area is 188 Å². The summed E-state index contributed by atoms with van der Waals surface area (Å²) in [6, 6.07) is 16.9. The van der Waals surface area contributed by atoms with Gasteiger partial charge in [-0.05, 0) is 30.0 Å². The molecule has 0 radical (unpaired) electrons. The summed E-state index contributed by atoms with van der Waals surface area (Å²) < 4.78 is 68.5. The van der Waals surface area contributed by atoms with Crippen molar-refractivity contribution in [2.45, 2.75) is 27.2 Å². The molecule has 0 atom stereocenters. The molecule has 0 saturated carbocycles. The fourth-order valence-corrected chi connectivity index (χ4v) is 3.31. The molecule has 3 aromatic rings. The summed E-state index contributed by atoms with van der Waals surface area (Å²) in [6.07, 6.45) is 2.02. The summed E-state index contributed by atoms with van der Waals surface area (Å²) in [4.78, 5) is 12.9. The van der Waals surface area contributed by atoms with Crippen LogP contribution in [0.1, 0.15) is 37.0 Å². The lowest BCUT2D eigenvalue weighted by molar-refractivity contribution is -0.123. The highest BCUT2D eigenvalue weighted by atomic mass is 19.2. The number of rotatable bonds is 6. The van der Waals surface area contributed by atoms with Crippen molar-refractivity contribution in [3.8, 4) is 0 Å². The summed E-state index contributed by atoms with van der Waals surface area (Å²) in [5, 5.41) is 1.89. The summed E-state index contributed by atoms with van der Waals surface area (Å²) >= 11 is 0. The molecular formula is C26H22F5NO. The van der Waals surface area contributed by atoms with Crippen molar-refractivity contribution < 1.29 is 26.7 Å². The maximum absolute atomic E-state index is 14.1. The molecule has 0 heterocycles. The standard InChI is InChI=1S/C26H22F5NO/c1-15-9-11-16(12-10-15)13-18(17-7-5-4-6-8-17)14-26(2,3)25(33)32-24-22(30)20(28)19(27)21(29)23(24)31/h4-13H,14H2,1-3H3,(H,32,33)/b18-13-. The Morgan fingerprint density at radius 2 is 1.33 bits per heavy atom. The highest BCUT2D eigenvalue weighted by molar-refractivity contribution is 5.97. The van der Waals surface area contributed by atoms with E-state index >= 15 is 0 Å². The molecule has 0 bridgehead atoms. The molecule has 7 heteroatoms. The zero-order valence-corrected chi connectivity index (χ0v) is 18.3. The van der Waals surface area contributed by atoms with Gasteiger partial charge < -0.3 is 5.32 Å². The summed E-state index contributed by atoms with van der Waals surface area (Å²) in [6.45, 7) is 5.01. The Balaban J connectivity index is 1.95. The van der Waals surface area contributed by atoms with Crippen molar-refractivity contribution in [2.24, 2.45) is 5.41 Å². The topological polar surface area (TPSA) is 29.1 Å². The van der Waals surface area contributed by atoms with E-state index < -0.39 is 46.1 Å². The van der Waals surface area contributed by atoms with E-state index in [1.54, 1.807) is 0 Å². The SMILES string of the molecule is Cc1ccc(/C=C(/CC(C)(C)C(=O)Nc2c(F)c(F)c(F)c(F)c2F)c2ccccc2)cc1. The number of halogens is 5. The number of amides is 1. The van der Waals surface area contributed by atoms with Gasteiger partial charge in [0.15, 0.2) is 23.3 Å². The molecule has 2 nitrogen and oxygen atoms in total. The van der Waals surface area contributed by atoms with Crippen molar-refractivity contribution >= 4 is 23.2 Å². The zero-order valence-electron chi connectivity index (χ0n) is 18.3. The maximum Gasteiger partial charge on any atom is 0.230 e. The van der Waals surface area contributed by atoms with Gasteiger partial charge >= 0.3 is 0 Å². The van der Waals surface area contributed by atoms with Crippen LogP contribution in [0.15, 0.2) is 54.6 Å². The zero-order chi connectivity index (χ0) is 24.3. The predicted octanol–water partition coefficient (Wildman–Crippen LogP) is 7.29. The number of hydrogen-bond acceptors (Lipinski definition) is 1. The van der Waals surface area contributed by atoms with E-state index in [9.17, 15) is 26.7 Å². The first-order valence-corrected chi connectivity index (χ1v) is 10.2. The minimum Gasteiger partial charge on any atom is -0.321 e. The van der Waals surface area contributed by atoms with E-state index in [4.69, 9.17) is 0 Å². The molecule has 0 aliphatic carbocycles. The Morgan fingerprint density at radius 3 is 1.88 bits per heavy atom. The first-order valence-electron chi connectivity index (χ1n) is 10.2. The van der Waals surface area contributed by atoms with Crippen molar-refractivity contribution in [1.29, 1.82) is 0 Å². The second-order valence-electron chi connectivity index (χ2n) is 8.41. The number of anilines is 1. The molecule has 1 amide bonds. The number of nitrogens with one attached hydrogen (secondary N) is 1. The van der Waals surface area contributed by atoms with E-state index in [1.807, 2.05) is 72.9 Å². The van der Waals surface area contributed by atoms with Gasteiger partial charge in [0.2, 0.25) is 11.7 Å². The highest BCUT2D eigenvalue weighted by Crippen LogP contribution is 2.35. The van der Waals surface area contributed by atoms with Crippen molar-refractivity contribution in [3.63, 3.8) is 0 Å². The summed E-state index contributed by atoms with van der Waals surface area (Å²) in [5.74, 6) is -11.6. The number of carbonyl (C=O) groups is 1. The van der Waals surface area contributed by atoms with Gasteiger partial charge in [-0.25, -0.2) is 22.0 Å². The van der Waals surface area contributed by atoms with Gasteiger partial charge in [0.1, 0.15) is 5.69 Å². The molecule has 0 aromatic heterocycles. The Bertz CT molecular complexity index is 1170. The van der Waals surface area contributed by atoms with Gasteiger partial charge in [0.25, 0.3) is 0 Å². The molecular weight excluding hydrogens is 437 g/mol. The van der Waals surface area contributed by atoms with E-state index in [0.717, 1.165) is 22.3 Å². The quantitative estimate of drug-likeness (QED) is 0.178. The molecule has 33 heavy (non-hydrogen) atoms. The van der Waals surface area contributed by atoms with Crippen LogP contribution in [0.4, 0.5) is 27.6 Å². The van der Waals surface area contributed by atoms with E-state index in [-0.39, 0.29) is 6.42 Å². The van der Waals surface area contributed by atoms with Crippen LogP contribution in [-0.2, 0) is 4.79 Å². The number of hydrogen-bond donors (Lipinski definition) is 1. The van der Waals surface area contributed by atoms with Crippen LogP contribution in [-0.4, -0.2) is 5.91 Å². The number of allylic oxidation sites excluding steroid dienone is 1. The molecule has 1 N–H and O–H groups in total. The van der Waals surface area contributed by atoms with Gasteiger partial charge in [-0.15, -0.1) is 0 Å². The van der Waals surface area contributed by atoms with Crippen LogP contribution in [0, 0.1) is 41.4 Å². The van der Waals surface area contributed by atoms with Crippen molar-refractivity contribution in [1.82, 2.24) is 0 Å². The van der Waals surface area contributed by atoms with Crippen molar-refractivity contribution in [3.05, 3.63) is 100 Å². The maximum atomic E-state index is 14.1. The van der Waals surface area contributed by atoms with Crippen LogP contribution < -0.4 is 5.32 Å². The molecule has 3 aromatic carbocycles. The summed E-state index contributed by atoms with van der Waals surface area (Å²) in [7, 11) is 0. The normalized spacial score (nSPS) is 12.1. The van der Waals surface area contributed by atoms with Gasteiger partial charge in [-0.1, -0.05) is 80.1 Å². The van der Waals surface area contributed by atoms with E-state index in [1.165, 1.54) is 13.8 Å². The molecule has 3 rings (SSSR count). The minimum atomic E-state index is -2.28. The molecule has 0 spiro atoms. The fourth-order valence-electron chi connectivity index (χ4n) is 3.31. The number of aryl methyl sites for hydroxylation is 1. The van der Waals surface area contributed by atoms with E-state index in [2.05, 4.69) is 0 Å². The molecule has 172 valence electrons. The third-order valence-electron chi connectivity index (χ3n) is 5.26. The molecule has 0 fully saturated rings. The van der Waals surface area contributed by atoms with Gasteiger partial charge in [0.05, 0.1) is 0 Å². The average Bonchev–Trinajstić information content (AvgIpc) is 2.80. The lowest BCUT2D eigenvalue weighted by atomic mass is 9.81. The van der Waals surface area contributed by atoms with Crippen LogP contribution in [0.2, 0.25) is 0 Å². The highest BCUT2D eigenvalue weighted by Gasteiger charge is 2.33. The summed E-state index contributed by atoms with van der Waals surface area (Å²) in [5.41, 5.74) is 0.930. The number of carbonyl (C=O) groups excluding carboxylic acids is 1. The Kier molecular flexibility index (Phi) is 7.01. The van der Waals surface area contributed by atoms with Crippen LogP contribution in [0.3, 0.4) is 0 Å². The van der Waals surface area contributed by atoms with E-state index in [0.29, 0.717) is 0 Å². The Hall–Kier alpha value is -3.48.